The van der Waals surface area contributed by atoms with E-state index >= 15 is 0 Å². The van der Waals surface area contributed by atoms with E-state index in [4.69, 9.17) is 9.84 Å². The van der Waals surface area contributed by atoms with Crippen LogP contribution in [0.1, 0.15) is 70.6 Å². The minimum Gasteiger partial charge on any atom is -0.489 e. The molecule has 3 aromatic rings. The average molecular weight is 484 g/mol. The van der Waals surface area contributed by atoms with Crippen molar-refractivity contribution in [1.82, 2.24) is 0 Å². The first-order chi connectivity index (χ1) is 16.8. The van der Waals surface area contributed by atoms with E-state index in [9.17, 15) is 18.0 Å². The van der Waals surface area contributed by atoms with E-state index in [2.05, 4.69) is 5.32 Å². The van der Waals surface area contributed by atoms with Gasteiger partial charge in [-0.3, -0.25) is 0 Å². The van der Waals surface area contributed by atoms with Crippen LogP contribution in [0.25, 0.3) is 0 Å². The molecule has 4 nitrogen and oxygen atoms in total. The van der Waals surface area contributed by atoms with Crippen molar-refractivity contribution in [1.29, 1.82) is 0 Å². The zero-order chi connectivity index (χ0) is 24.8. The molecule has 1 fully saturated rings. The van der Waals surface area contributed by atoms with E-state index in [-0.39, 0.29) is 18.1 Å². The van der Waals surface area contributed by atoms with Gasteiger partial charge in [0.15, 0.2) is 0 Å². The number of nitrogens with one attached hydrogen (secondary N) is 1. The van der Waals surface area contributed by atoms with Gasteiger partial charge in [0, 0.05) is 12.2 Å². The standard InChI is InChI=1S/C28H28F3NO3/c29-28(30,31)26-15-20(11-14-25(26)21-5-2-1-3-6-21)18-35-24-12-9-19(10-13-24)17-32-23-8-4-7-22(16-23)27(33)34/h4,7-16,21,32H,1-3,5-6,17-18H2,(H,33,34). The number of aromatic carboxylic acids is 1. The molecule has 184 valence electrons. The number of ether oxygens (including phenoxy) is 1. The Kier molecular flexibility index (Phi) is 7.63. The summed E-state index contributed by atoms with van der Waals surface area (Å²) >= 11 is 0. The van der Waals surface area contributed by atoms with Gasteiger partial charge in [0.25, 0.3) is 0 Å². The molecular formula is C28H28F3NO3. The predicted octanol–water partition coefficient (Wildman–Crippen LogP) is 7.64. The van der Waals surface area contributed by atoms with Crippen molar-refractivity contribution in [2.75, 3.05) is 5.32 Å². The number of alkyl halides is 3. The molecule has 0 saturated heterocycles. The van der Waals surface area contributed by atoms with Crippen molar-refractivity contribution in [3.63, 3.8) is 0 Å². The number of halogens is 3. The minimum absolute atomic E-state index is 0.0249. The Balaban J connectivity index is 1.37. The van der Waals surface area contributed by atoms with Gasteiger partial charge >= 0.3 is 12.1 Å². The lowest BCUT2D eigenvalue weighted by Crippen LogP contribution is -2.15. The van der Waals surface area contributed by atoms with Crippen LogP contribution in [-0.2, 0) is 19.3 Å². The third-order valence-electron chi connectivity index (χ3n) is 6.40. The second kappa shape index (κ2) is 10.8. The zero-order valence-corrected chi connectivity index (χ0v) is 19.3. The average Bonchev–Trinajstić information content (AvgIpc) is 2.87. The van der Waals surface area contributed by atoms with Gasteiger partial charge in [-0.25, -0.2) is 4.79 Å². The smallest absolute Gasteiger partial charge is 0.416 e. The van der Waals surface area contributed by atoms with Gasteiger partial charge in [0.2, 0.25) is 0 Å². The summed E-state index contributed by atoms with van der Waals surface area (Å²) in [6.07, 6.45) is 0.286. The normalized spacial score (nSPS) is 14.5. The molecule has 7 heteroatoms. The van der Waals surface area contributed by atoms with Crippen LogP contribution < -0.4 is 10.1 Å². The predicted molar refractivity (Wildman–Crippen MR) is 129 cm³/mol. The van der Waals surface area contributed by atoms with E-state index in [0.29, 0.717) is 29.1 Å². The highest BCUT2D eigenvalue weighted by Gasteiger charge is 2.35. The molecule has 4 rings (SSSR count). The Morgan fingerprint density at radius 3 is 2.34 bits per heavy atom. The highest BCUT2D eigenvalue weighted by atomic mass is 19.4. The van der Waals surface area contributed by atoms with Gasteiger partial charge in [0.05, 0.1) is 11.1 Å². The van der Waals surface area contributed by atoms with Crippen LogP contribution in [0.3, 0.4) is 0 Å². The van der Waals surface area contributed by atoms with Crippen molar-refractivity contribution < 1.29 is 27.8 Å². The summed E-state index contributed by atoms with van der Waals surface area (Å²) in [6, 6.07) is 18.4. The molecule has 0 aromatic heterocycles. The number of carboxylic acids is 1. The van der Waals surface area contributed by atoms with Gasteiger partial charge in [-0.05, 0) is 71.8 Å². The summed E-state index contributed by atoms with van der Waals surface area (Å²) < 4.78 is 47.1. The van der Waals surface area contributed by atoms with Crippen LogP contribution in [0.2, 0.25) is 0 Å². The monoisotopic (exact) mass is 483 g/mol. The number of hydrogen-bond donors (Lipinski definition) is 2. The van der Waals surface area contributed by atoms with Crippen LogP contribution >= 0.6 is 0 Å². The maximum Gasteiger partial charge on any atom is 0.416 e. The summed E-state index contributed by atoms with van der Waals surface area (Å²) in [5.41, 5.74) is 2.21. The SMILES string of the molecule is O=C(O)c1cccc(NCc2ccc(OCc3ccc(C4CCCCC4)c(C(F)(F)F)c3)cc2)c1. The molecule has 2 N–H and O–H groups in total. The van der Waals surface area contributed by atoms with Crippen molar-refractivity contribution in [3.05, 3.63) is 94.5 Å². The van der Waals surface area contributed by atoms with Crippen molar-refractivity contribution in [3.8, 4) is 5.75 Å². The number of carboxylic acid groups (broad SMARTS) is 1. The fourth-order valence-corrected chi connectivity index (χ4v) is 4.54. The van der Waals surface area contributed by atoms with Crippen LogP contribution in [0, 0.1) is 0 Å². The number of hydrogen-bond acceptors (Lipinski definition) is 3. The van der Waals surface area contributed by atoms with E-state index in [1.807, 2.05) is 12.1 Å². The molecule has 0 bridgehead atoms. The molecule has 0 aliphatic heterocycles. The van der Waals surface area contributed by atoms with Crippen molar-refractivity contribution in [2.24, 2.45) is 0 Å². The summed E-state index contributed by atoms with van der Waals surface area (Å²) in [7, 11) is 0. The van der Waals surface area contributed by atoms with E-state index < -0.39 is 17.7 Å². The molecule has 3 aromatic carbocycles. The molecule has 0 heterocycles. The number of anilines is 1. The lowest BCUT2D eigenvalue weighted by Gasteiger charge is -2.25. The first-order valence-corrected chi connectivity index (χ1v) is 11.8. The molecule has 1 aliphatic rings. The van der Waals surface area contributed by atoms with E-state index in [1.54, 1.807) is 42.5 Å². The zero-order valence-electron chi connectivity index (χ0n) is 19.3. The van der Waals surface area contributed by atoms with Gasteiger partial charge < -0.3 is 15.2 Å². The highest BCUT2D eigenvalue weighted by Crippen LogP contribution is 2.41. The quantitative estimate of drug-likeness (QED) is 0.346. The number of benzene rings is 3. The van der Waals surface area contributed by atoms with E-state index in [0.717, 1.165) is 37.7 Å². The minimum atomic E-state index is -4.39. The first-order valence-electron chi connectivity index (χ1n) is 11.8. The topological polar surface area (TPSA) is 58.6 Å². The molecule has 0 atom stereocenters. The Morgan fingerprint density at radius 2 is 1.66 bits per heavy atom. The fourth-order valence-electron chi connectivity index (χ4n) is 4.54. The molecule has 0 unspecified atom stereocenters. The third kappa shape index (κ3) is 6.56. The summed E-state index contributed by atoms with van der Waals surface area (Å²) in [5.74, 6) is -0.448. The largest absolute Gasteiger partial charge is 0.489 e. The summed E-state index contributed by atoms with van der Waals surface area (Å²) in [4.78, 5) is 11.1. The van der Waals surface area contributed by atoms with Crippen LogP contribution in [0.5, 0.6) is 5.75 Å². The molecule has 1 aliphatic carbocycles. The maximum atomic E-state index is 13.8. The van der Waals surface area contributed by atoms with Gasteiger partial charge in [-0.1, -0.05) is 49.6 Å². The van der Waals surface area contributed by atoms with Crippen molar-refractivity contribution >= 4 is 11.7 Å². The molecule has 35 heavy (non-hydrogen) atoms. The summed E-state index contributed by atoms with van der Waals surface area (Å²) in [5, 5.41) is 12.3. The maximum absolute atomic E-state index is 13.8. The fraction of sp³-hybridized carbons (Fsp3) is 0.321. The lowest BCUT2D eigenvalue weighted by molar-refractivity contribution is -0.138. The highest BCUT2D eigenvalue weighted by molar-refractivity contribution is 5.88. The second-order valence-corrected chi connectivity index (χ2v) is 8.93. The van der Waals surface area contributed by atoms with Crippen LogP contribution in [-0.4, -0.2) is 11.1 Å². The first kappa shape index (κ1) is 24.6. The van der Waals surface area contributed by atoms with Crippen LogP contribution in [0.15, 0.2) is 66.7 Å². The Bertz CT molecular complexity index is 1150. The van der Waals surface area contributed by atoms with Gasteiger partial charge in [-0.2, -0.15) is 13.2 Å². The Labute approximate surface area is 202 Å². The Morgan fingerprint density at radius 1 is 0.943 bits per heavy atom. The second-order valence-electron chi connectivity index (χ2n) is 8.93. The summed E-state index contributed by atoms with van der Waals surface area (Å²) in [6.45, 7) is 0.536. The number of rotatable bonds is 8. The molecule has 0 spiro atoms. The van der Waals surface area contributed by atoms with Crippen molar-refractivity contribution in [2.45, 2.75) is 57.3 Å². The van der Waals surface area contributed by atoms with Gasteiger partial charge in [-0.15, -0.1) is 0 Å². The third-order valence-corrected chi connectivity index (χ3v) is 6.40. The lowest BCUT2D eigenvalue weighted by atomic mass is 9.81. The molecule has 0 amide bonds. The Hall–Kier alpha value is -3.48. The van der Waals surface area contributed by atoms with E-state index in [1.165, 1.54) is 12.1 Å². The molecule has 1 saturated carbocycles. The molecular weight excluding hydrogens is 455 g/mol. The number of carbonyl (C=O) groups is 1. The van der Waals surface area contributed by atoms with Gasteiger partial charge in [0.1, 0.15) is 12.4 Å². The van der Waals surface area contributed by atoms with Crippen LogP contribution in [0.4, 0.5) is 18.9 Å². The molecule has 0 radical (unpaired) electrons.